The minimum atomic E-state index is -0.507. The van der Waals surface area contributed by atoms with Crippen molar-refractivity contribution in [2.24, 2.45) is 0 Å². The summed E-state index contributed by atoms with van der Waals surface area (Å²) in [6, 6.07) is 7.23. The number of fused-ring (bicyclic) bond motifs is 1. The van der Waals surface area contributed by atoms with E-state index in [1.807, 2.05) is 38.1 Å². The number of hydrogen-bond acceptors (Lipinski definition) is 3. The van der Waals surface area contributed by atoms with Crippen LogP contribution in [0.1, 0.15) is 19.4 Å². The highest BCUT2D eigenvalue weighted by Gasteiger charge is 2.30. The number of nitrogens with zero attached hydrogens (tertiary/aromatic N) is 3. The smallest absolute Gasteiger partial charge is 0.258 e. The molecule has 0 bridgehead atoms. The molecule has 0 fully saturated rings. The highest BCUT2D eigenvalue weighted by molar-refractivity contribution is 5.70. The lowest BCUT2D eigenvalue weighted by Gasteiger charge is -2.28. The second-order valence-corrected chi connectivity index (χ2v) is 4.92. The van der Waals surface area contributed by atoms with Crippen molar-refractivity contribution in [1.82, 2.24) is 9.67 Å². The third-order valence-electron chi connectivity index (χ3n) is 2.90. The average molecular weight is 256 g/mol. The van der Waals surface area contributed by atoms with E-state index in [0.29, 0.717) is 5.88 Å². The Kier molecular flexibility index (Phi) is 2.48. The second-order valence-electron chi connectivity index (χ2n) is 4.92. The monoisotopic (exact) mass is 256 g/mol. The molecule has 0 saturated carbocycles. The quantitative estimate of drug-likeness (QED) is 0.732. The van der Waals surface area contributed by atoms with Crippen LogP contribution < -0.4 is 9.28 Å². The summed E-state index contributed by atoms with van der Waals surface area (Å²) in [5.41, 5.74) is 1.07. The molecule has 3 heterocycles. The topological polar surface area (TPSA) is 50.0 Å². The molecule has 2 aromatic rings. The van der Waals surface area contributed by atoms with Crippen LogP contribution in [0.4, 0.5) is 0 Å². The highest BCUT2D eigenvalue weighted by atomic mass is 16.5. The largest absolute Gasteiger partial charge is 0.467 e. The Bertz CT molecular complexity index is 716. The van der Waals surface area contributed by atoms with Crippen LogP contribution in [0.5, 0.6) is 5.88 Å². The molecule has 3 rings (SSSR count). The lowest BCUT2D eigenvalue weighted by molar-refractivity contribution is -0.584. The van der Waals surface area contributed by atoms with Gasteiger partial charge in [-0.2, -0.15) is 0 Å². The van der Waals surface area contributed by atoms with Crippen molar-refractivity contribution in [3.63, 3.8) is 0 Å². The van der Waals surface area contributed by atoms with E-state index in [2.05, 4.69) is 4.98 Å². The Balaban J connectivity index is 2.27. The third-order valence-corrected chi connectivity index (χ3v) is 2.90. The van der Waals surface area contributed by atoms with Crippen LogP contribution in [0.25, 0.3) is 5.70 Å². The summed E-state index contributed by atoms with van der Waals surface area (Å²) >= 11 is 0. The van der Waals surface area contributed by atoms with Gasteiger partial charge in [0.05, 0.1) is 16.7 Å². The van der Waals surface area contributed by atoms with Gasteiger partial charge in [0.1, 0.15) is 11.3 Å². The molecule has 0 aliphatic carbocycles. The van der Waals surface area contributed by atoms with Gasteiger partial charge in [-0.25, -0.2) is 4.98 Å². The van der Waals surface area contributed by atoms with Crippen molar-refractivity contribution >= 4 is 5.70 Å². The third kappa shape index (κ3) is 2.03. The number of rotatable bonds is 1. The molecular formula is C14H14N3O2+. The Morgan fingerprint density at radius 2 is 2.16 bits per heavy atom. The van der Waals surface area contributed by atoms with Crippen molar-refractivity contribution in [3.05, 3.63) is 59.4 Å². The molecule has 0 unspecified atom stereocenters. The number of pyridine rings is 1. The SMILES string of the molecule is CC1(C)C=C(n2cccc[n+]2=O)c2cccnc2O1. The predicted molar refractivity (Wildman–Crippen MR) is 70.1 cm³/mol. The zero-order valence-electron chi connectivity index (χ0n) is 10.8. The van der Waals surface area contributed by atoms with Crippen molar-refractivity contribution in [2.75, 3.05) is 0 Å². The summed E-state index contributed by atoms with van der Waals surface area (Å²) in [6.45, 7) is 3.87. The molecule has 96 valence electrons. The van der Waals surface area contributed by atoms with Crippen molar-refractivity contribution in [2.45, 2.75) is 19.4 Å². The van der Waals surface area contributed by atoms with Gasteiger partial charge in [-0.3, -0.25) is 0 Å². The molecule has 0 saturated heterocycles. The minimum absolute atomic E-state index is 0.507. The summed E-state index contributed by atoms with van der Waals surface area (Å²) in [4.78, 5) is 16.1. The molecule has 5 nitrogen and oxygen atoms in total. The van der Waals surface area contributed by atoms with E-state index in [9.17, 15) is 4.91 Å². The van der Waals surface area contributed by atoms with E-state index in [1.165, 1.54) is 10.9 Å². The van der Waals surface area contributed by atoms with Gasteiger partial charge in [0.2, 0.25) is 5.88 Å². The zero-order valence-corrected chi connectivity index (χ0v) is 10.8. The Hall–Kier alpha value is -2.43. The molecule has 2 aromatic heterocycles. The van der Waals surface area contributed by atoms with Gasteiger partial charge >= 0.3 is 0 Å². The van der Waals surface area contributed by atoms with E-state index in [4.69, 9.17) is 4.74 Å². The molecule has 0 spiro atoms. The maximum absolute atomic E-state index is 11.9. The van der Waals surface area contributed by atoms with Gasteiger partial charge < -0.3 is 4.74 Å². The molecule has 5 heteroatoms. The van der Waals surface area contributed by atoms with E-state index < -0.39 is 5.60 Å². The maximum atomic E-state index is 11.9. The standard InChI is InChI=1S/C14H14N3O2/c1-14(2)10-12(16-8-3-4-9-17(16)18)11-6-5-7-15-13(11)19-14/h3-10H,1-2H3/q+1. The summed E-state index contributed by atoms with van der Waals surface area (Å²) < 4.78 is 8.11. The first-order valence-electron chi connectivity index (χ1n) is 6.05. The Morgan fingerprint density at radius 1 is 1.32 bits per heavy atom. The molecule has 0 radical (unpaired) electrons. The van der Waals surface area contributed by atoms with Crippen LogP contribution in [0, 0.1) is 4.91 Å². The van der Waals surface area contributed by atoms with Crippen LogP contribution in [0.2, 0.25) is 0 Å². The molecule has 0 N–H and O–H groups in total. The van der Waals surface area contributed by atoms with Gasteiger partial charge in [-0.15, -0.1) is 0 Å². The fraction of sp³-hybridized carbons (Fsp3) is 0.214. The van der Waals surface area contributed by atoms with Crippen LogP contribution >= 0.6 is 0 Å². The Labute approximate surface area is 110 Å². The van der Waals surface area contributed by atoms with E-state index in [1.54, 1.807) is 18.5 Å². The predicted octanol–water partition coefficient (Wildman–Crippen LogP) is 1.86. The normalized spacial score (nSPS) is 16.2. The number of ether oxygens (including phenoxy) is 1. The summed E-state index contributed by atoms with van der Waals surface area (Å²) in [5.74, 6) is 0.543. The first-order chi connectivity index (χ1) is 9.07. The first-order valence-corrected chi connectivity index (χ1v) is 6.05. The molecule has 0 aromatic carbocycles. The first kappa shape index (κ1) is 11.6. The van der Waals surface area contributed by atoms with Gasteiger partial charge in [-0.1, -0.05) is 4.68 Å². The van der Waals surface area contributed by atoms with Gasteiger partial charge in [0.25, 0.3) is 6.20 Å². The van der Waals surface area contributed by atoms with Crippen LogP contribution in [-0.4, -0.2) is 15.3 Å². The van der Waals surface area contributed by atoms with Crippen molar-refractivity contribution in [1.29, 1.82) is 0 Å². The fourth-order valence-corrected chi connectivity index (χ4v) is 2.12. The molecule has 0 atom stereocenters. The van der Waals surface area contributed by atoms with Gasteiger partial charge in [0, 0.05) is 12.3 Å². The molecule has 19 heavy (non-hydrogen) atoms. The summed E-state index contributed by atoms with van der Waals surface area (Å²) in [6.07, 6.45) is 6.78. The van der Waals surface area contributed by atoms with Gasteiger partial charge in [0.15, 0.2) is 4.54 Å². The number of hydrogen-bond donors (Lipinski definition) is 0. The average Bonchev–Trinajstić information content (AvgIpc) is 2.37. The van der Waals surface area contributed by atoms with Gasteiger partial charge in [-0.05, 0) is 38.1 Å². The maximum Gasteiger partial charge on any atom is 0.258 e. The summed E-state index contributed by atoms with van der Waals surface area (Å²) in [5, 5.41) is 0. The zero-order chi connectivity index (χ0) is 13.5. The minimum Gasteiger partial charge on any atom is -0.467 e. The van der Waals surface area contributed by atoms with Crippen LogP contribution in [0.3, 0.4) is 0 Å². The number of aromatic nitrogens is 3. The van der Waals surface area contributed by atoms with Crippen LogP contribution in [-0.2, 0) is 0 Å². The lowest BCUT2D eigenvalue weighted by atomic mass is 10.0. The summed E-state index contributed by atoms with van der Waals surface area (Å²) in [7, 11) is 0. The molecule has 1 aliphatic rings. The lowest BCUT2D eigenvalue weighted by Crippen LogP contribution is -2.35. The fourth-order valence-electron chi connectivity index (χ4n) is 2.12. The van der Waals surface area contributed by atoms with Crippen molar-refractivity contribution in [3.8, 4) is 5.88 Å². The molecule has 0 amide bonds. The van der Waals surface area contributed by atoms with Crippen LogP contribution in [0.15, 0.2) is 48.9 Å². The van der Waals surface area contributed by atoms with E-state index in [0.717, 1.165) is 15.8 Å². The Morgan fingerprint density at radius 3 is 2.95 bits per heavy atom. The molecular weight excluding hydrogens is 242 g/mol. The van der Waals surface area contributed by atoms with Crippen molar-refractivity contribution < 1.29 is 9.28 Å². The van der Waals surface area contributed by atoms with E-state index >= 15 is 0 Å². The second kappa shape index (κ2) is 4.05. The highest BCUT2D eigenvalue weighted by Crippen LogP contribution is 2.33. The molecule has 1 aliphatic heterocycles. The van der Waals surface area contributed by atoms with E-state index in [-0.39, 0.29) is 0 Å².